The summed E-state index contributed by atoms with van der Waals surface area (Å²) in [6, 6.07) is 5.94. The predicted molar refractivity (Wildman–Crippen MR) is 79.1 cm³/mol. The standard InChI is InChI=1S/C15H20FN3O3/c1-12(20)18-7-9-19(10-8-18)15(21)17-6-11-22-14-5-3-2-4-13(14)16/h2-5H,6-11H2,1H3,(H,17,21). The first kappa shape index (κ1) is 16.1. The third-order valence-electron chi connectivity index (χ3n) is 3.48. The fraction of sp³-hybridized carbons (Fsp3) is 0.467. The molecule has 1 heterocycles. The van der Waals surface area contributed by atoms with Crippen LogP contribution in [0.2, 0.25) is 0 Å². The van der Waals surface area contributed by atoms with E-state index >= 15 is 0 Å². The van der Waals surface area contributed by atoms with Gasteiger partial charge in [-0.05, 0) is 12.1 Å². The van der Waals surface area contributed by atoms with Crippen molar-refractivity contribution in [2.75, 3.05) is 39.3 Å². The molecule has 0 atom stereocenters. The van der Waals surface area contributed by atoms with Gasteiger partial charge in [0.25, 0.3) is 0 Å². The summed E-state index contributed by atoms with van der Waals surface area (Å²) in [6.07, 6.45) is 0. The molecule has 1 aliphatic heterocycles. The molecule has 0 spiro atoms. The summed E-state index contributed by atoms with van der Waals surface area (Å²) < 4.78 is 18.6. The van der Waals surface area contributed by atoms with Gasteiger partial charge in [-0.25, -0.2) is 9.18 Å². The maximum absolute atomic E-state index is 13.3. The topological polar surface area (TPSA) is 61.9 Å². The number of nitrogens with zero attached hydrogens (tertiary/aromatic N) is 2. The Morgan fingerprint density at radius 2 is 1.82 bits per heavy atom. The van der Waals surface area contributed by atoms with Crippen LogP contribution in [0.15, 0.2) is 24.3 Å². The van der Waals surface area contributed by atoms with Crippen LogP contribution in [0.4, 0.5) is 9.18 Å². The molecular formula is C15H20FN3O3. The number of rotatable bonds is 4. The Labute approximate surface area is 128 Å². The molecule has 0 saturated carbocycles. The Hall–Kier alpha value is -2.31. The number of hydrogen-bond acceptors (Lipinski definition) is 3. The molecule has 0 bridgehead atoms. The predicted octanol–water partition coefficient (Wildman–Crippen LogP) is 1.08. The number of hydrogen-bond donors (Lipinski definition) is 1. The molecule has 2 rings (SSSR count). The van der Waals surface area contributed by atoms with Crippen molar-refractivity contribution in [2.24, 2.45) is 0 Å². The molecule has 0 radical (unpaired) electrons. The summed E-state index contributed by atoms with van der Waals surface area (Å²) in [5.41, 5.74) is 0. The second kappa shape index (κ2) is 7.63. The van der Waals surface area contributed by atoms with Crippen molar-refractivity contribution in [2.45, 2.75) is 6.92 Å². The summed E-state index contributed by atoms with van der Waals surface area (Å²) in [4.78, 5) is 26.5. The highest BCUT2D eigenvalue weighted by atomic mass is 19.1. The monoisotopic (exact) mass is 309 g/mol. The SMILES string of the molecule is CC(=O)N1CCN(C(=O)NCCOc2ccccc2F)CC1. The van der Waals surface area contributed by atoms with Gasteiger partial charge in [0.15, 0.2) is 11.6 Å². The van der Waals surface area contributed by atoms with Gasteiger partial charge in [0.05, 0.1) is 6.54 Å². The van der Waals surface area contributed by atoms with Crippen LogP contribution >= 0.6 is 0 Å². The summed E-state index contributed by atoms with van der Waals surface area (Å²) in [6.45, 7) is 4.14. The van der Waals surface area contributed by atoms with Crippen LogP contribution in [-0.2, 0) is 4.79 Å². The van der Waals surface area contributed by atoms with E-state index < -0.39 is 5.82 Å². The van der Waals surface area contributed by atoms with Gasteiger partial charge in [-0.3, -0.25) is 4.79 Å². The van der Waals surface area contributed by atoms with Gasteiger partial charge in [0.2, 0.25) is 5.91 Å². The van der Waals surface area contributed by atoms with Gasteiger partial charge in [-0.1, -0.05) is 12.1 Å². The van der Waals surface area contributed by atoms with E-state index in [1.165, 1.54) is 19.1 Å². The van der Waals surface area contributed by atoms with Gasteiger partial charge in [0, 0.05) is 33.1 Å². The maximum Gasteiger partial charge on any atom is 0.317 e. The van der Waals surface area contributed by atoms with Crippen LogP contribution in [0.5, 0.6) is 5.75 Å². The first-order chi connectivity index (χ1) is 10.6. The maximum atomic E-state index is 13.3. The van der Waals surface area contributed by atoms with E-state index in [0.717, 1.165) is 0 Å². The lowest BCUT2D eigenvalue weighted by Gasteiger charge is -2.34. The molecule has 6 nitrogen and oxygen atoms in total. The first-order valence-corrected chi connectivity index (χ1v) is 7.23. The molecule has 1 N–H and O–H groups in total. The van der Waals surface area contributed by atoms with E-state index in [9.17, 15) is 14.0 Å². The zero-order chi connectivity index (χ0) is 15.9. The van der Waals surface area contributed by atoms with Crippen molar-refractivity contribution >= 4 is 11.9 Å². The van der Waals surface area contributed by atoms with Crippen molar-refractivity contribution < 1.29 is 18.7 Å². The van der Waals surface area contributed by atoms with Gasteiger partial charge in [0.1, 0.15) is 6.61 Å². The molecule has 1 aromatic rings. The van der Waals surface area contributed by atoms with Crippen LogP contribution in [0.25, 0.3) is 0 Å². The van der Waals surface area contributed by atoms with E-state index in [0.29, 0.717) is 32.7 Å². The number of ether oxygens (including phenoxy) is 1. The van der Waals surface area contributed by atoms with E-state index in [1.54, 1.807) is 21.9 Å². The van der Waals surface area contributed by atoms with Gasteiger partial charge in [-0.2, -0.15) is 0 Å². The quantitative estimate of drug-likeness (QED) is 0.847. The number of urea groups is 1. The molecule has 1 aliphatic rings. The molecule has 7 heteroatoms. The molecule has 3 amide bonds. The number of carbonyl (C=O) groups excluding carboxylic acids is 2. The van der Waals surface area contributed by atoms with Crippen molar-refractivity contribution in [3.8, 4) is 5.75 Å². The zero-order valence-corrected chi connectivity index (χ0v) is 12.5. The largest absolute Gasteiger partial charge is 0.489 e. The molecule has 1 fully saturated rings. The molecule has 0 aliphatic carbocycles. The normalized spacial score (nSPS) is 14.6. The van der Waals surface area contributed by atoms with Crippen molar-refractivity contribution in [1.82, 2.24) is 15.1 Å². The fourth-order valence-electron chi connectivity index (χ4n) is 2.22. The lowest BCUT2D eigenvalue weighted by molar-refractivity contribution is -0.130. The Morgan fingerprint density at radius 1 is 1.18 bits per heavy atom. The van der Waals surface area contributed by atoms with E-state index in [-0.39, 0.29) is 24.3 Å². The van der Waals surface area contributed by atoms with Crippen LogP contribution < -0.4 is 10.1 Å². The fourth-order valence-corrected chi connectivity index (χ4v) is 2.22. The number of nitrogens with one attached hydrogen (secondary N) is 1. The summed E-state index contributed by atoms with van der Waals surface area (Å²) in [5, 5.41) is 2.72. The number of piperazine rings is 1. The summed E-state index contributed by atoms with van der Waals surface area (Å²) in [7, 11) is 0. The lowest BCUT2D eigenvalue weighted by Crippen LogP contribution is -2.53. The summed E-state index contributed by atoms with van der Waals surface area (Å²) in [5.74, 6) is -0.223. The Balaban J connectivity index is 1.66. The highest BCUT2D eigenvalue weighted by Crippen LogP contribution is 2.14. The number of benzene rings is 1. The number of halogens is 1. The number of amides is 3. The van der Waals surface area contributed by atoms with Crippen LogP contribution in [0, 0.1) is 5.82 Å². The first-order valence-electron chi connectivity index (χ1n) is 7.23. The average molecular weight is 309 g/mol. The molecule has 1 saturated heterocycles. The zero-order valence-electron chi connectivity index (χ0n) is 12.5. The minimum absolute atomic E-state index is 0.0262. The van der Waals surface area contributed by atoms with Gasteiger partial charge in [-0.15, -0.1) is 0 Å². The second-order valence-electron chi connectivity index (χ2n) is 5.00. The highest BCUT2D eigenvalue weighted by molar-refractivity contribution is 5.76. The smallest absolute Gasteiger partial charge is 0.317 e. The number of carbonyl (C=O) groups is 2. The van der Waals surface area contributed by atoms with Crippen LogP contribution in [-0.4, -0.2) is 61.1 Å². The van der Waals surface area contributed by atoms with Gasteiger partial charge >= 0.3 is 6.03 Å². The highest BCUT2D eigenvalue weighted by Gasteiger charge is 2.21. The Kier molecular flexibility index (Phi) is 5.57. The molecular weight excluding hydrogens is 289 g/mol. The van der Waals surface area contributed by atoms with Crippen molar-refractivity contribution in [1.29, 1.82) is 0 Å². The lowest BCUT2D eigenvalue weighted by atomic mass is 10.3. The molecule has 0 aromatic heterocycles. The van der Waals surface area contributed by atoms with E-state index in [2.05, 4.69) is 5.32 Å². The third kappa shape index (κ3) is 4.34. The van der Waals surface area contributed by atoms with Crippen LogP contribution in [0.3, 0.4) is 0 Å². The van der Waals surface area contributed by atoms with Crippen LogP contribution in [0.1, 0.15) is 6.92 Å². The van der Waals surface area contributed by atoms with Crippen molar-refractivity contribution in [3.63, 3.8) is 0 Å². The molecule has 22 heavy (non-hydrogen) atoms. The van der Waals surface area contributed by atoms with E-state index in [4.69, 9.17) is 4.74 Å². The minimum atomic E-state index is -0.422. The molecule has 1 aromatic carbocycles. The van der Waals surface area contributed by atoms with Crippen molar-refractivity contribution in [3.05, 3.63) is 30.1 Å². The average Bonchev–Trinajstić information content (AvgIpc) is 2.53. The molecule has 0 unspecified atom stereocenters. The summed E-state index contributed by atoms with van der Waals surface area (Å²) >= 11 is 0. The molecule has 120 valence electrons. The Morgan fingerprint density at radius 3 is 2.45 bits per heavy atom. The third-order valence-corrected chi connectivity index (χ3v) is 3.48. The van der Waals surface area contributed by atoms with E-state index in [1.807, 2.05) is 0 Å². The Bertz CT molecular complexity index is 531. The number of para-hydroxylation sites is 1. The minimum Gasteiger partial charge on any atom is -0.489 e. The van der Waals surface area contributed by atoms with Gasteiger partial charge < -0.3 is 19.9 Å². The second-order valence-corrected chi connectivity index (χ2v) is 5.00.